The van der Waals surface area contributed by atoms with Crippen LogP contribution in [-0.4, -0.2) is 23.8 Å². The number of carbonyl (C=O) groups is 2. The maximum atomic E-state index is 11.8. The third-order valence-electron chi connectivity index (χ3n) is 2.33. The first-order valence-electron chi connectivity index (χ1n) is 5.32. The molecule has 0 atom stereocenters. The van der Waals surface area contributed by atoms with Gasteiger partial charge in [0.2, 0.25) is 0 Å². The van der Waals surface area contributed by atoms with E-state index in [-0.39, 0.29) is 18.0 Å². The highest BCUT2D eigenvalue weighted by Gasteiger charge is 2.32. The number of ketones is 2. The third-order valence-corrected chi connectivity index (χ3v) is 2.33. The Kier molecular flexibility index (Phi) is 4.65. The highest BCUT2D eigenvalue weighted by atomic mass is 16.5. The summed E-state index contributed by atoms with van der Waals surface area (Å²) in [5.74, 6) is -0.190. The van der Waals surface area contributed by atoms with Gasteiger partial charge in [-0.3, -0.25) is 9.59 Å². The van der Waals surface area contributed by atoms with Crippen molar-refractivity contribution < 1.29 is 14.3 Å². The Morgan fingerprint density at radius 3 is 1.80 bits per heavy atom. The van der Waals surface area contributed by atoms with E-state index in [1.807, 2.05) is 27.7 Å². The minimum absolute atomic E-state index is 0.0414. The lowest BCUT2D eigenvalue weighted by Gasteiger charge is -2.24. The van der Waals surface area contributed by atoms with Crippen LogP contribution in [0.4, 0.5) is 0 Å². The molecule has 0 spiro atoms. The molecule has 0 saturated carbocycles. The second kappa shape index (κ2) is 4.88. The minimum Gasteiger partial charge on any atom is -0.368 e. The molecule has 88 valence electrons. The lowest BCUT2D eigenvalue weighted by atomic mass is 9.85. The molecular weight excluding hydrogens is 192 g/mol. The van der Waals surface area contributed by atoms with Crippen LogP contribution in [0.1, 0.15) is 48.0 Å². The Morgan fingerprint density at radius 2 is 1.47 bits per heavy atom. The van der Waals surface area contributed by atoms with Crippen LogP contribution in [0.5, 0.6) is 0 Å². The van der Waals surface area contributed by atoms with Crippen molar-refractivity contribution in [2.75, 3.05) is 6.61 Å². The molecule has 0 unspecified atom stereocenters. The van der Waals surface area contributed by atoms with Crippen LogP contribution in [0.2, 0.25) is 0 Å². The van der Waals surface area contributed by atoms with E-state index in [9.17, 15) is 9.59 Å². The molecule has 0 aromatic carbocycles. The van der Waals surface area contributed by atoms with E-state index in [2.05, 4.69) is 0 Å². The van der Waals surface area contributed by atoms with Gasteiger partial charge in [0.25, 0.3) is 0 Å². The molecule has 3 heteroatoms. The number of hydrogen-bond donors (Lipinski definition) is 0. The lowest BCUT2D eigenvalue weighted by molar-refractivity contribution is -0.144. The minimum atomic E-state index is -0.852. The van der Waals surface area contributed by atoms with Gasteiger partial charge in [-0.2, -0.15) is 0 Å². The molecule has 0 aliphatic heterocycles. The molecule has 0 aromatic heterocycles. The van der Waals surface area contributed by atoms with E-state index in [1.165, 1.54) is 0 Å². The Morgan fingerprint density at radius 1 is 1.00 bits per heavy atom. The first-order chi connectivity index (χ1) is 6.61. The summed E-state index contributed by atoms with van der Waals surface area (Å²) in [6.45, 7) is 11.2. The van der Waals surface area contributed by atoms with Gasteiger partial charge in [-0.05, 0) is 20.8 Å². The molecule has 0 aliphatic carbocycles. The topological polar surface area (TPSA) is 43.4 Å². The predicted octanol–water partition coefficient (Wildman–Crippen LogP) is 2.38. The van der Waals surface area contributed by atoms with Crippen molar-refractivity contribution >= 4 is 11.6 Å². The molecule has 0 aromatic rings. The zero-order valence-corrected chi connectivity index (χ0v) is 10.6. The molecule has 0 radical (unpaired) electrons. The van der Waals surface area contributed by atoms with Gasteiger partial charge in [-0.1, -0.05) is 20.8 Å². The molecule has 0 heterocycles. The van der Waals surface area contributed by atoms with Crippen LogP contribution in [0.25, 0.3) is 0 Å². The zero-order chi connectivity index (χ0) is 12.3. The third kappa shape index (κ3) is 4.56. The summed E-state index contributed by atoms with van der Waals surface area (Å²) in [6, 6.07) is 0. The fraction of sp³-hybridized carbons (Fsp3) is 0.833. The summed E-state index contributed by atoms with van der Waals surface area (Å²) in [7, 11) is 0. The molecule has 0 amide bonds. The monoisotopic (exact) mass is 214 g/mol. The quantitative estimate of drug-likeness (QED) is 0.660. The smallest absolute Gasteiger partial charge is 0.171 e. The second-order valence-electron chi connectivity index (χ2n) is 5.22. The van der Waals surface area contributed by atoms with Crippen molar-refractivity contribution in [1.82, 2.24) is 0 Å². The Labute approximate surface area is 92.2 Å². The average Bonchev–Trinajstić information content (AvgIpc) is 2.01. The fourth-order valence-corrected chi connectivity index (χ4v) is 1.07. The van der Waals surface area contributed by atoms with Crippen LogP contribution < -0.4 is 0 Å². The summed E-state index contributed by atoms with van der Waals surface area (Å²) in [6.07, 6.45) is -0.0451. The van der Waals surface area contributed by atoms with E-state index in [0.29, 0.717) is 6.61 Å². The van der Waals surface area contributed by atoms with Crippen molar-refractivity contribution in [1.29, 1.82) is 0 Å². The Bertz CT molecular complexity index is 246. The van der Waals surface area contributed by atoms with E-state index in [0.717, 1.165) is 0 Å². The molecule has 0 N–H and O–H groups in total. The molecule has 0 saturated heterocycles. The van der Waals surface area contributed by atoms with Gasteiger partial charge in [0.1, 0.15) is 11.4 Å². The van der Waals surface area contributed by atoms with Crippen molar-refractivity contribution in [2.45, 2.75) is 53.6 Å². The van der Waals surface area contributed by atoms with Crippen LogP contribution in [0.15, 0.2) is 0 Å². The molecule has 0 bridgehead atoms. The first-order valence-corrected chi connectivity index (χ1v) is 5.32. The summed E-state index contributed by atoms with van der Waals surface area (Å²) in [5.41, 5.74) is -1.31. The van der Waals surface area contributed by atoms with Gasteiger partial charge in [-0.15, -0.1) is 0 Å². The Hall–Kier alpha value is -0.700. The summed E-state index contributed by atoms with van der Waals surface area (Å²) < 4.78 is 5.30. The van der Waals surface area contributed by atoms with Gasteiger partial charge in [0.15, 0.2) is 5.78 Å². The fourth-order valence-electron chi connectivity index (χ4n) is 1.07. The summed E-state index contributed by atoms with van der Waals surface area (Å²) in [5, 5.41) is 0. The number of hydrogen-bond acceptors (Lipinski definition) is 3. The number of Topliss-reactive ketones (excluding diaryl/α,β-unsaturated/α-hetero) is 2. The standard InChI is InChI=1S/C12H22O3/c1-7-15-12(5,6)10(14)8-9(13)11(2,3)4/h7-8H2,1-6H3. The largest absolute Gasteiger partial charge is 0.368 e. The summed E-state index contributed by atoms with van der Waals surface area (Å²) in [4.78, 5) is 23.4. The van der Waals surface area contributed by atoms with Gasteiger partial charge in [0, 0.05) is 12.0 Å². The van der Waals surface area contributed by atoms with Crippen molar-refractivity contribution in [3.63, 3.8) is 0 Å². The van der Waals surface area contributed by atoms with Crippen LogP contribution in [-0.2, 0) is 14.3 Å². The zero-order valence-electron chi connectivity index (χ0n) is 10.6. The molecule has 0 rings (SSSR count). The van der Waals surface area contributed by atoms with E-state index in [4.69, 9.17) is 4.74 Å². The second-order valence-corrected chi connectivity index (χ2v) is 5.22. The van der Waals surface area contributed by atoms with E-state index >= 15 is 0 Å². The van der Waals surface area contributed by atoms with Gasteiger partial charge >= 0.3 is 0 Å². The molecule has 0 aliphatic rings. The van der Waals surface area contributed by atoms with Crippen molar-refractivity contribution in [3.05, 3.63) is 0 Å². The van der Waals surface area contributed by atoms with Crippen LogP contribution in [0.3, 0.4) is 0 Å². The molecule has 3 nitrogen and oxygen atoms in total. The molecular formula is C12H22O3. The van der Waals surface area contributed by atoms with Gasteiger partial charge < -0.3 is 4.74 Å². The number of carbonyl (C=O) groups excluding carboxylic acids is 2. The summed E-state index contributed by atoms with van der Waals surface area (Å²) >= 11 is 0. The number of rotatable bonds is 5. The molecule has 0 fully saturated rings. The highest BCUT2D eigenvalue weighted by molar-refractivity contribution is 6.04. The molecule has 15 heavy (non-hydrogen) atoms. The van der Waals surface area contributed by atoms with Crippen LogP contribution >= 0.6 is 0 Å². The SMILES string of the molecule is CCOC(C)(C)C(=O)CC(=O)C(C)(C)C. The predicted molar refractivity (Wildman–Crippen MR) is 59.8 cm³/mol. The van der Waals surface area contributed by atoms with Crippen molar-refractivity contribution in [3.8, 4) is 0 Å². The van der Waals surface area contributed by atoms with E-state index in [1.54, 1.807) is 13.8 Å². The van der Waals surface area contributed by atoms with E-state index < -0.39 is 11.0 Å². The van der Waals surface area contributed by atoms with Gasteiger partial charge in [0.05, 0.1) is 6.42 Å². The lowest BCUT2D eigenvalue weighted by Crippen LogP contribution is -2.38. The normalized spacial score (nSPS) is 12.7. The highest BCUT2D eigenvalue weighted by Crippen LogP contribution is 2.20. The van der Waals surface area contributed by atoms with Crippen molar-refractivity contribution in [2.24, 2.45) is 5.41 Å². The van der Waals surface area contributed by atoms with Gasteiger partial charge in [-0.25, -0.2) is 0 Å². The Balaban J connectivity index is 4.44. The van der Waals surface area contributed by atoms with Crippen LogP contribution in [0, 0.1) is 5.41 Å². The maximum absolute atomic E-state index is 11.8. The maximum Gasteiger partial charge on any atom is 0.171 e. The first kappa shape index (κ1) is 14.3. The average molecular weight is 214 g/mol. The number of ether oxygens (including phenoxy) is 1.